The van der Waals surface area contributed by atoms with Crippen LogP contribution in [0.5, 0.6) is 5.75 Å². The maximum atomic E-state index is 15.7. The van der Waals surface area contributed by atoms with Gasteiger partial charge in [-0.25, -0.2) is 14.4 Å². The number of aromatic nitrogens is 6. The van der Waals surface area contributed by atoms with Crippen molar-refractivity contribution in [2.75, 3.05) is 12.4 Å². The summed E-state index contributed by atoms with van der Waals surface area (Å²) in [5.41, 5.74) is 3.08. The monoisotopic (exact) mass is 612 g/mol. The normalized spacial score (nSPS) is 14.4. The smallest absolute Gasteiger partial charge is 0.259 e. The molecule has 0 spiro atoms. The summed E-state index contributed by atoms with van der Waals surface area (Å²) in [7, 11) is 1.60. The summed E-state index contributed by atoms with van der Waals surface area (Å²) in [6, 6.07) is 10.2. The first kappa shape index (κ1) is 27.9. The quantitative estimate of drug-likeness (QED) is 0.242. The second-order valence-electron chi connectivity index (χ2n) is 11.2. The fraction of sp³-hybridized carbons (Fsp3) is 0.290. The number of halogens is 1. The van der Waals surface area contributed by atoms with Gasteiger partial charge in [0.1, 0.15) is 23.7 Å². The zero-order chi connectivity index (χ0) is 30.5. The van der Waals surface area contributed by atoms with Gasteiger partial charge in [-0.05, 0) is 56.5 Å². The number of carbonyl (C=O) groups is 2. The summed E-state index contributed by atoms with van der Waals surface area (Å²) >= 11 is 1.30. The molecule has 7 rings (SSSR count). The Labute approximate surface area is 256 Å². The lowest BCUT2D eigenvalue weighted by molar-refractivity contribution is 0.0731. The maximum Gasteiger partial charge on any atom is 0.259 e. The number of methoxy groups -OCH3 is 1. The number of fused-ring (bicyclic) bond motifs is 3. The number of rotatable bonds is 8. The Morgan fingerprint density at radius 3 is 2.70 bits per heavy atom. The van der Waals surface area contributed by atoms with Gasteiger partial charge < -0.3 is 24.1 Å². The number of thiazole rings is 1. The van der Waals surface area contributed by atoms with E-state index in [0.717, 1.165) is 41.6 Å². The molecule has 1 aliphatic heterocycles. The van der Waals surface area contributed by atoms with Gasteiger partial charge in [0.05, 0.1) is 48.2 Å². The Balaban J connectivity index is 1.22. The van der Waals surface area contributed by atoms with Crippen molar-refractivity contribution in [2.24, 2.45) is 0 Å². The summed E-state index contributed by atoms with van der Waals surface area (Å²) < 4.78 is 24.6. The number of nitrogens with zero attached hydrogens (tertiary/aromatic N) is 7. The Bertz CT molecular complexity index is 1890. The first-order valence-corrected chi connectivity index (χ1v) is 15.2. The van der Waals surface area contributed by atoms with Crippen molar-refractivity contribution in [3.8, 4) is 22.3 Å². The summed E-state index contributed by atoms with van der Waals surface area (Å²) in [5, 5.41) is 13.1. The van der Waals surface area contributed by atoms with Crippen LogP contribution in [0.3, 0.4) is 0 Å². The molecule has 2 amide bonds. The van der Waals surface area contributed by atoms with E-state index in [-0.39, 0.29) is 28.9 Å². The number of carbonyl (C=O) groups excluding carboxylic acids is 2. The molecule has 1 saturated carbocycles. The fourth-order valence-corrected chi connectivity index (χ4v) is 6.19. The van der Waals surface area contributed by atoms with E-state index in [0.29, 0.717) is 35.5 Å². The zero-order valence-corrected chi connectivity index (χ0v) is 25.1. The lowest BCUT2D eigenvalue weighted by Gasteiger charge is -2.21. The molecule has 11 nitrogen and oxygen atoms in total. The lowest BCUT2D eigenvalue weighted by Crippen LogP contribution is -2.29. The molecule has 13 heteroatoms. The van der Waals surface area contributed by atoms with E-state index in [9.17, 15) is 9.59 Å². The van der Waals surface area contributed by atoms with Crippen molar-refractivity contribution in [1.29, 1.82) is 0 Å². The molecular weight excluding hydrogens is 583 g/mol. The highest BCUT2D eigenvalue weighted by Gasteiger charge is 2.35. The molecule has 3 aromatic heterocycles. The highest BCUT2D eigenvalue weighted by Crippen LogP contribution is 2.42. The number of anilines is 1. The molecule has 0 saturated heterocycles. The van der Waals surface area contributed by atoms with Crippen molar-refractivity contribution in [3.63, 3.8) is 0 Å². The molecular formula is C31H29FN8O3S. The minimum Gasteiger partial charge on any atom is -0.497 e. The molecule has 0 radical (unpaired) electrons. The van der Waals surface area contributed by atoms with Gasteiger partial charge in [-0.15, -0.1) is 21.5 Å². The van der Waals surface area contributed by atoms with Crippen molar-refractivity contribution in [2.45, 2.75) is 51.7 Å². The molecule has 0 atom stereocenters. The average Bonchev–Trinajstić information content (AvgIpc) is 3.38. The van der Waals surface area contributed by atoms with Crippen LogP contribution in [0.15, 0.2) is 54.4 Å². The molecule has 2 aliphatic rings. The predicted molar refractivity (Wildman–Crippen MR) is 162 cm³/mol. The number of benzene rings is 2. The zero-order valence-electron chi connectivity index (χ0n) is 24.3. The molecule has 224 valence electrons. The van der Waals surface area contributed by atoms with Crippen LogP contribution in [0.25, 0.3) is 16.5 Å². The predicted octanol–water partition coefficient (Wildman–Crippen LogP) is 5.60. The van der Waals surface area contributed by atoms with Gasteiger partial charge in [0.2, 0.25) is 0 Å². The van der Waals surface area contributed by atoms with Crippen LogP contribution in [-0.2, 0) is 13.1 Å². The largest absolute Gasteiger partial charge is 0.497 e. The highest BCUT2D eigenvalue weighted by molar-refractivity contribution is 7.13. The molecule has 44 heavy (non-hydrogen) atoms. The molecule has 4 heterocycles. The van der Waals surface area contributed by atoms with Gasteiger partial charge in [-0.3, -0.25) is 9.59 Å². The van der Waals surface area contributed by atoms with Crippen molar-refractivity contribution in [1.82, 2.24) is 34.2 Å². The average molecular weight is 613 g/mol. The number of nitrogens with one attached hydrogen (secondary N) is 1. The molecule has 1 N–H and O–H groups in total. The molecule has 0 bridgehead atoms. The van der Waals surface area contributed by atoms with Gasteiger partial charge in [0.15, 0.2) is 10.8 Å². The third-order valence-electron chi connectivity index (χ3n) is 7.91. The molecule has 1 fully saturated rings. The third kappa shape index (κ3) is 5.02. The lowest BCUT2D eigenvalue weighted by atomic mass is 10.1. The first-order valence-electron chi connectivity index (χ1n) is 14.3. The van der Waals surface area contributed by atoms with Crippen LogP contribution in [-0.4, -0.2) is 53.1 Å². The van der Waals surface area contributed by atoms with Crippen LogP contribution in [0, 0.1) is 5.82 Å². The Hall–Kier alpha value is -4.91. The van der Waals surface area contributed by atoms with Crippen LogP contribution < -0.4 is 10.1 Å². The Kier molecular flexibility index (Phi) is 6.96. The summed E-state index contributed by atoms with van der Waals surface area (Å²) in [5.74, 6) is 0.0846. The number of hydrogen-bond donors (Lipinski definition) is 1. The van der Waals surface area contributed by atoms with Gasteiger partial charge in [0.25, 0.3) is 11.8 Å². The van der Waals surface area contributed by atoms with Crippen LogP contribution >= 0.6 is 11.3 Å². The number of hydrogen-bond acceptors (Lipinski definition) is 8. The van der Waals surface area contributed by atoms with Crippen molar-refractivity contribution < 1.29 is 18.7 Å². The maximum absolute atomic E-state index is 15.7. The van der Waals surface area contributed by atoms with Gasteiger partial charge in [0, 0.05) is 23.9 Å². The van der Waals surface area contributed by atoms with E-state index >= 15 is 4.39 Å². The topological polar surface area (TPSA) is 120 Å². The number of amides is 2. The van der Waals surface area contributed by atoms with E-state index in [1.165, 1.54) is 17.4 Å². The number of ether oxygens (including phenoxy) is 1. The number of imidazole rings is 1. The van der Waals surface area contributed by atoms with E-state index in [1.54, 1.807) is 30.0 Å². The minimum absolute atomic E-state index is 0.124. The Morgan fingerprint density at radius 2 is 1.98 bits per heavy atom. The molecule has 0 unspecified atom stereocenters. The standard InChI is InChI=1S/C31H29FN8O3S/c1-17(2)39-16-34-37-28(39)30-36-26(14-44-30)35-29(41)21-11-24-22(10-23(21)32)31(42)38(12-18-4-8-20(43-3)9-5-18)13-25-27(19-6-7-19)33-15-40(24)25/h4-5,8-11,14-17,19H,6-7,12-13H2,1-3H3,(H,35,41). The minimum atomic E-state index is -0.806. The second-order valence-corrected chi connectivity index (χ2v) is 12.1. The first-order chi connectivity index (χ1) is 21.3. The summed E-state index contributed by atoms with van der Waals surface area (Å²) in [6.45, 7) is 4.63. The third-order valence-corrected chi connectivity index (χ3v) is 8.75. The highest BCUT2D eigenvalue weighted by atomic mass is 32.1. The van der Waals surface area contributed by atoms with Gasteiger partial charge in [-0.1, -0.05) is 12.1 Å². The molecule has 5 aromatic rings. The Morgan fingerprint density at radius 1 is 1.18 bits per heavy atom. The summed E-state index contributed by atoms with van der Waals surface area (Å²) in [4.78, 5) is 38.2. The SMILES string of the molecule is COc1ccc(CN2Cc3c(C4CC4)ncn3-c3cc(C(=O)Nc4csc(-c5nncn5C(C)C)n4)c(F)cc3C2=O)cc1. The van der Waals surface area contributed by atoms with E-state index in [1.807, 2.05) is 47.2 Å². The second kappa shape index (κ2) is 11.0. The van der Waals surface area contributed by atoms with E-state index < -0.39 is 11.7 Å². The van der Waals surface area contributed by atoms with Crippen molar-refractivity contribution >= 4 is 29.0 Å². The van der Waals surface area contributed by atoms with Crippen molar-refractivity contribution in [3.05, 3.63) is 88.3 Å². The summed E-state index contributed by atoms with van der Waals surface area (Å²) in [6.07, 6.45) is 5.36. The van der Waals surface area contributed by atoms with Gasteiger partial charge in [-0.2, -0.15) is 0 Å². The molecule has 2 aromatic carbocycles. The van der Waals surface area contributed by atoms with E-state index in [2.05, 4.69) is 20.5 Å². The van der Waals surface area contributed by atoms with Gasteiger partial charge >= 0.3 is 0 Å². The van der Waals surface area contributed by atoms with Crippen LogP contribution in [0.1, 0.15) is 76.3 Å². The van der Waals surface area contributed by atoms with E-state index in [4.69, 9.17) is 9.72 Å². The van der Waals surface area contributed by atoms with Crippen LogP contribution in [0.2, 0.25) is 0 Å². The molecule has 1 aliphatic carbocycles. The fourth-order valence-electron chi connectivity index (χ4n) is 5.45. The van der Waals surface area contributed by atoms with Crippen LogP contribution in [0.4, 0.5) is 10.2 Å².